The van der Waals surface area contributed by atoms with Crippen LogP contribution in [0.3, 0.4) is 0 Å². The molecular formula is C22H38N2O2. The van der Waals surface area contributed by atoms with E-state index in [1.165, 1.54) is 64.2 Å². The van der Waals surface area contributed by atoms with Crippen LogP contribution in [-0.4, -0.2) is 22.9 Å². The molecule has 0 radical (unpaired) electrons. The number of nitrogens with one attached hydrogen (secondary N) is 2. The molecule has 148 valence electrons. The predicted molar refractivity (Wildman–Crippen MR) is 105 cm³/mol. The van der Waals surface area contributed by atoms with Crippen molar-refractivity contribution in [2.45, 2.75) is 127 Å². The summed E-state index contributed by atoms with van der Waals surface area (Å²) >= 11 is 0. The minimum absolute atomic E-state index is 0.0502. The third kappa shape index (κ3) is 4.68. The highest BCUT2D eigenvalue weighted by Gasteiger charge is 2.52. The smallest absolute Gasteiger partial charge is 0.246 e. The van der Waals surface area contributed by atoms with Gasteiger partial charge in [-0.1, -0.05) is 89.9 Å². The summed E-state index contributed by atoms with van der Waals surface area (Å²) in [6.07, 6.45) is 20.5. The van der Waals surface area contributed by atoms with Gasteiger partial charge in [-0.25, -0.2) is 0 Å². The van der Waals surface area contributed by atoms with Crippen LogP contribution in [0.15, 0.2) is 0 Å². The standard InChI is InChI=1S/C22H38N2O2/c25-19-21(15-11-7-3-1-4-8-12-16-21)24-22(20(26)23-19)17-13-9-5-2-6-10-14-18-22/h24H,1-18H2,(H,23,25,26). The Morgan fingerprint density at radius 2 is 0.731 bits per heavy atom. The second kappa shape index (κ2) is 9.34. The molecular weight excluding hydrogens is 324 g/mol. The normalized spacial score (nSPS) is 28.5. The summed E-state index contributed by atoms with van der Waals surface area (Å²) in [4.78, 5) is 25.9. The van der Waals surface area contributed by atoms with Crippen LogP contribution in [0.5, 0.6) is 0 Å². The lowest BCUT2D eigenvalue weighted by molar-refractivity contribution is -0.147. The molecule has 3 rings (SSSR count). The molecule has 0 aromatic carbocycles. The first-order valence-electron chi connectivity index (χ1n) is 11.3. The van der Waals surface area contributed by atoms with Gasteiger partial charge in [0.15, 0.2) is 0 Å². The molecule has 2 spiro atoms. The van der Waals surface area contributed by atoms with Gasteiger partial charge in [-0.2, -0.15) is 0 Å². The maximum absolute atomic E-state index is 13.0. The molecule has 2 amide bonds. The Morgan fingerprint density at radius 1 is 0.462 bits per heavy atom. The second-order valence-corrected chi connectivity index (χ2v) is 9.02. The molecule has 3 aliphatic rings. The highest BCUT2D eigenvalue weighted by atomic mass is 16.2. The summed E-state index contributed by atoms with van der Waals surface area (Å²) in [5.41, 5.74) is -1.04. The molecule has 4 heteroatoms. The third-order valence-electron chi connectivity index (χ3n) is 6.99. The molecule has 0 unspecified atom stereocenters. The van der Waals surface area contributed by atoms with Crippen LogP contribution in [0.2, 0.25) is 0 Å². The van der Waals surface area contributed by atoms with Gasteiger partial charge >= 0.3 is 0 Å². The van der Waals surface area contributed by atoms with Crippen molar-refractivity contribution in [3.63, 3.8) is 0 Å². The number of hydrogen-bond donors (Lipinski definition) is 2. The van der Waals surface area contributed by atoms with Crippen molar-refractivity contribution in [3.8, 4) is 0 Å². The average Bonchev–Trinajstić information content (AvgIpc) is 2.64. The number of hydrogen-bond acceptors (Lipinski definition) is 3. The van der Waals surface area contributed by atoms with Gasteiger partial charge in [-0.15, -0.1) is 0 Å². The molecule has 2 aliphatic carbocycles. The van der Waals surface area contributed by atoms with Gasteiger partial charge in [-0.3, -0.25) is 20.2 Å². The van der Waals surface area contributed by atoms with Crippen LogP contribution in [-0.2, 0) is 9.59 Å². The number of piperazine rings is 1. The zero-order valence-electron chi connectivity index (χ0n) is 16.5. The highest BCUT2D eigenvalue weighted by molar-refractivity contribution is 6.06. The van der Waals surface area contributed by atoms with E-state index >= 15 is 0 Å². The number of carbonyl (C=O) groups is 2. The van der Waals surface area contributed by atoms with Gasteiger partial charge in [0.25, 0.3) is 0 Å². The van der Waals surface area contributed by atoms with Crippen molar-refractivity contribution in [3.05, 3.63) is 0 Å². The van der Waals surface area contributed by atoms with Crippen LogP contribution < -0.4 is 10.6 Å². The lowest BCUT2D eigenvalue weighted by Crippen LogP contribution is -2.75. The average molecular weight is 363 g/mol. The van der Waals surface area contributed by atoms with Gasteiger partial charge in [-0.05, 0) is 25.7 Å². The Hall–Kier alpha value is -0.900. The lowest BCUT2D eigenvalue weighted by atomic mass is 9.75. The van der Waals surface area contributed by atoms with Gasteiger partial charge in [0.05, 0.1) is 11.1 Å². The summed E-state index contributed by atoms with van der Waals surface area (Å²) < 4.78 is 0. The summed E-state index contributed by atoms with van der Waals surface area (Å²) in [6, 6.07) is 0. The van der Waals surface area contributed by atoms with E-state index in [1.54, 1.807) is 0 Å². The van der Waals surface area contributed by atoms with E-state index in [0.717, 1.165) is 51.4 Å². The summed E-state index contributed by atoms with van der Waals surface area (Å²) in [5.74, 6) is -0.100. The first kappa shape index (κ1) is 19.9. The van der Waals surface area contributed by atoms with Crippen molar-refractivity contribution >= 4 is 11.8 Å². The van der Waals surface area contributed by atoms with Gasteiger partial charge in [0, 0.05) is 0 Å². The molecule has 0 aromatic rings. The minimum atomic E-state index is -0.518. The molecule has 0 aromatic heterocycles. The van der Waals surface area contributed by atoms with E-state index < -0.39 is 11.1 Å². The van der Waals surface area contributed by atoms with Gasteiger partial charge < -0.3 is 0 Å². The van der Waals surface area contributed by atoms with E-state index in [4.69, 9.17) is 0 Å². The zero-order chi connectivity index (χ0) is 18.3. The van der Waals surface area contributed by atoms with E-state index in [0.29, 0.717) is 0 Å². The van der Waals surface area contributed by atoms with Crippen molar-refractivity contribution in [2.75, 3.05) is 0 Å². The fourth-order valence-corrected chi connectivity index (χ4v) is 5.34. The molecule has 1 heterocycles. The monoisotopic (exact) mass is 362 g/mol. The first-order valence-corrected chi connectivity index (χ1v) is 11.3. The topological polar surface area (TPSA) is 58.2 Å². The lowest BCUT2D eigenvalue weighted by Gasteiger charge is -2.48. The van der Waals surface area contributed by atoms with Crippen LogP contribution in [0.4, 0.5) is 0 Å². The Kier molecular flexibility index (Phi) is 7.13. The Morgan fingerprint density at radius 3 is 1.04 bits per heavy atom. The molecule has 1 saturated heterocycles. The van der Waals surface area contributed by atoms with Crippen LogP contribution >= 0.6 is 0 Å². The molecule has 26 heavy (non-hydrogen) atoms. The fourth-order valence-electron chi connectivity index (χ4n) is 5.34. The molecule has 0 atom stereocenters. The minimum Gasteiger partial charge on any atom is -0.293 e. The van der Waals surface area contributed by atoms with Gasteiger partial charge in [0.2, 0.25) is 11.8 Å². The molecule has 4 nitrogen and oxygen atoms in total. The molecule has 3 fully saturated rings. The highest BCUT2D eigenvalue weighted by Crippen LogP contribution is 2.35. The van der Waals surface area contributed by atoms with Crippen LogP contribution in [0.25, 0.3) is 0 Å². The third-order valence-corrected chi connectivity index (χ3v) is 6.99. The van der Waals surface area contributed by atoms with E-state index in [2.05, 4.69) is 10.6 Å². The van der Waals surface area contributed by atoms with E-state index in [9.17, 15) is 9.59 Å². The Bertz CT molecular complexity index is 427. The van der Waals surface area contributed by atoms with Crippen molar-refractivity contribution in [1.29, 1.82) is 0 Å². The maximum Gasteiger partial charge on any atom is 0.246 e. The van der Waals surface area contributed by atoms with Crippen molar-refractivity contribution in [1.82, 2.24) is 10.6 Å². The first-order chi connectivity index (χ1) is 12.7. The van der Waals surface area contributed by atoms with Crippen LogP contribution in [0.1, 0.15) is 116 Å². The van der Waals surface area contributed by atoms with Crippen LogP contribution in [0, 0.1) is 0 Å². The predicted octanol–water partition coefficient (Wildman–Crippen LogP) is 4.76. The maximum atomic E-state index is 13.0. The Labute approximate surface area is 159 Å². The number of carbonyl (C=O) groups excluding carboxylic acids is 2. The van der Waals surface area contributed by atoms with Gasteiger partial charge in [0.1, 0.15) is 0 Å². The largest absolute Gasteiger partial charge is 0.293 e. The zero-order valence-corrected chi connectivity index (χ0v) is 16.5. The second-order valence-electron chi connectivity index (χ2n) is 9.02. The van der Waals surface area contributed by atoms with Crippen molar-refractivity contribution in [2.24, 2.45) is 0 Å². The quantitative estimate of drug-likeness (QED) is 0.611. The SMILES string of the molecule is O=C1NC(=O)C2(CCCCCCCCC2)NC12CCCCCCCCC2. The number of imide groups is 1. The molecule has 1 aliphatic heterocycles. The molecule has 2 N–H and O–H groups in total. The summed E-state index contributed by atoms with van der Waals surface area (Å²) in [6.45, 7) is 0. The summed E-state index contributed by atoms with van der Waals surface area (Å²) in [5, 5.41) is 6.58. The molecule has 2 saturated carbocycles. The number of rotatable bonds is 0. The molecule has 0 bridgehead atoms. The van der Waals surface area contributed by atoms with Crippen molar-refractivity contribution < 1.29 is 9.59 Å². The fraction of sp³-hybridized carbons (Fsp3) is 0.909. The van der Waals surface area contributed by atoms with E-state index in [1.807, 2.05) is 0 Å². The van der Waals surface area contributed by atoms with E-state index in [-0.39, 0.29) is 11.8 Å². The summed E-state index contributed by atoms with van der Waals surface area (Å²) in [7, 11) is 0. The number of amides is 2. The Balaban J connectivity index is 1.80.